The topological polar surface area (TPSA) is 95.5 Å². The number of carbonyl (C=O) groups is 1. The highest BCUT2D eigenvalue weighted by molar-refractivity contribution is 5.75. The zero-order valence-corrected chi connectivity index (χ0v) is 10.3. The van der Waals surface area contributed by atoms with E-state index in [-0.39, 0.29) is 12.0 Å². The summed E-state index contributed by atoms with van der Waals surface area (Å²) < 4.78 is 42.5. The lowest BCUT2D eigenvalue weighted by molar-refractivity contribution is -0.388. The van der Waals surface area contributed by atoms with Crippen LogP contribution in [-0.4, -0.2) is 24.0 Å². The molecule has 1 aromatic carbocycles. The highest BCUT2D eigenvalue weighted by atomic mass is 19.4. The number of nitrogens with zero attached hydrogens (tertiary/aromatic N) is 1. The third-order valence-corrected chi connectivity index (χ3v) is 2.52. The predicted molar refractivity (Wildman–Crippen MR) is 61.8 cm³/mol. The van der Waals surface area contributed by atoms with E-state index in [1.54, 1.807) is 0 Å². The molecule has 6 nitrogen and oxygen atoms in total. The van der Waals surface area contributed by atoms with Gasteiger partial charge in [0.25, 0.3) is 5.69 Å². The first kappa shape index (κ1) is 15.9. The Balaban J connectivity index is 3.14. The molecule has 110 valence electrons. The summed E-state index contributed by atoms with van der Waals surface area (Å²) in [6.07, 6.45) is -5.08. The zero-order valence-electron chi connectivity index (χ0n) is 10.3. The van der Waals surface area contributed by atoms with Gasteiger partial charge in [-0.25, -0.2) is 0 Å². The lowest BCUT2D eigenvalue weighted by atomic mass is 10.0. The number of nitro benzene ring substituents is 1. The van der Waals surface area contributed by atoms with E-state index >= 15 is 0 Å². The highest BCUT2D eigenvalue weighted by Crippen LogP contribution is 2.36. The Hall–Kier alpha value is -2.16. The van der Waals surface area contributed by atoms with Gasteiger partial charge in [-0.2, -0.15) is 13.2 Å². The number of nitro groups is 1. The number of benzene rings is 1. The van der Waals surface area contributed by atoms with Gasteiger partial charge < -0.3 is 10.5 Å². The molecular weight excluding hydrogens is 281 g/mol. The van der Waals surface area contributed by atoms with Gasteiger partial charge in [0.15, 0.2) is 0 Å². The lowest BCUT2D eigenvalue weighted by Gasteiger charge is -2.12. The SMILES string of the molecule is COC(=O)[C@H](N)Cc1ccc([N+](=O)[O-])c(C(F)(F)F)c1. The van der Waals surface area contributed by atoms with E-state index in [2.05, 4.69) is 4.74 Å². The van der Waals surface area contributed by atoms with Crippen LogP contribution in [0.4, 0.5) is 18.9 Å². The van der Waals surface area contributed by atoms with Crippen LogP contribution in [0, 0.1) is 10.1 Å². The van der Waals surface area contributed by atoms with Crippen molar-refractivity contribution in [2.24, 2.45) is 5.73 Å². The van der Waals surface area contributed by atoms with Crippen LogP contribution in [0.1, 0.15) is 11.1 Å². The highest BCUT2D eigenvalue weighted by Gasteiger charge is 2.38. The van der Waals surface area contributed by atoms with Crippen LogP contribution >= 0.6 is 0 Å². The normalized spacial score (nSPS) is 12.8. The van der Waals surface area contributed by atoms with Gasteiger partial charge in [0.2, 0.25) is 0 Å². The van der Waals surface area contributed by atoms with Gasteiger partial charge in [0, 0.05) is 6.07 Å². The van der Waals surface area contributed by atoms with Crippen molar-refractivity contribution < 1.29 is 27.6 Å². The standard InChI is InChI=1S/C11H11F3N2O4/c1-20-10(17)8(15)5-6-2-3-9(16(18)19)7(4-6)11(12,13)14/h2-4,8H,5,15H2,1H3/t8-/m1/s1. The van der Waals surface area contributed by atoms with Gasteiger partial charge in [0.05, 0.1) is 12.0 Å². The fraction of sp³-hybridized carbons (Fsp3) is 0.364. The molecule has 1 aromatic rings. The van der Waals surface area contributed by atoms with Gasteiger partial charge in [-0.05, 0) is 18.1 Å². The Morgan fingerprint density at radius 2 is 2.10 bits per heavy atom. The molecule has 0 saturated carbocycles. The number of hydrogen-bond acceptors (Lipinski definition) is 5. The average Bonchev–Trinajstić information content (AvgIpc) is 2.36. The predicted octanol–water partition coefficient (Wildman–Crippen LogP) is 1.66. The van der Waals surface area contributed by atoms with Crippen LogP contribution < -0.4 is 5.73 Å². The van der Waals surface area contributed by atoms with E-state index in [0.717, 1.165) is 19.2 Å². The minimum atomic E-state index is -4.87. The molecule has 0 heterocycles. The summed E-state index contributed by atoms with van der Waals surface area (Å²) in [5.41, 5.74) is 3.06. The summed E-state index contributed by atoms with van der Waals surface area (Å²) in [5.74, 6) is -0.781. The molecule has 0 radical (unpaired) electrons. The van der Waals surface area contributed by atoms with Gasteiger partial charge >= 0.3 is 12.1 Å². The van der Waals surface area contributed by atoms with Crippen molar-refractivity contribution in [3.05, 3.63) is 39.4 Å². The summed E-state index contributed by atoms with van der Waals surface area (Å²) >= 11 is 0. The molecule has 1 atom stereocenters. The van der Waals surface area contributed by atoms with Crippen molar-refractivity contribution in [1.82, 2.24) is 0 Å². The maximum Gasteiger partial charge on any atom is 0.423 e. The smallest absolute Gasteiger partial charge is 0.423 e. The molecule has 0 aliphatic heterocycles. The fourth-order valence-corrected chi connectivity index (χ4v) is 1.59. The van der Waals surface area contributed by atoms with E-state index in [4.69, 9.17) is 5.73 Å². The number of methoxy groups -OCH3 is 1. The number of carbonyl (C=O) groups excluding carboxylic acids is 1. The van der Waals surface area contributed by atoms with Gasteiger partial charge in [-0.15, -0.1) is 0 Å². The van der Waals surface area contributed by atoms with Crippen molar-refractivity contribution >= 4 is 11.7 Å². The number of rotatable bonds is 4. The van der Waals surface area contributed by atoms with Gasteiger partial charge in [-0.1, -0.05) is 6.07 Å². The first-order chi connectivity index (χ1) is 9.16. The van der Waals surface area contributed by atoms with E-state index < -0.39 is 34.4 Å². The minimum Gasteiger partial charge on any atom is -0.468 e. The van der Waals surface area contributed by atoms with Crippen LogP contribution in [0.2, 0.25) is 0 Å². The first-order valence-electron chi connectivity index (χ1n) is 5.34. The second-order valence-corrected chi connectivity index (χ2v) is 3.94. The Kier molecular flexibility index (Phi) is 4.66. The molecule has 0 amide bonds. The number of hydrogen-bond donors (Lipinski definition) is 1. The van der Waals surface area contributed by atoms with Gasteiger partial charge in [-0.3, -0.25) is 14.9 Å². The van der Waals surface area contributed by atoms with Crippen LogP contribution in [-0.2, 0) is 22.1 Å². The van der Waals surface area contributed by atoms with Crippen molar-refractivity contribution in [3.63, 3.8) is 0 Å². The van der Waals surface area contributed by atoms with Crippen LogP contribution in [0.5, 0.6) is 0 Å². The van der Waals surface area contributed by atoms with Crippen LogP contribution in [0.15, 0.2) is 18.2 Å². The summed E-state index contributed by atoms with van der Waals surface area (Å²) in [5, 5.41) is 10.6. The van der Waals surface area contributed by atoms with E-state index in [9.17, 15) is 28.1 Å². The Morgan fingerprint density at radius 1 is 1.50 bits per heavy atom. The molecule has 2 N–H and O–H groups in total. The summed E-state index contributed by atoms with van der Waals surface area (Å²) in [7, 11) is 1.10. The Bertz CT molecular complexity index is 531. The third-order valence-electron chi connectivity index (χ3n) is 2.52. The number of nitrogens with two attached hydrogens (primary N) is 1. The van der Waals surface area contributed by atoms with E-state index in [1.165, 1.54) is 0 Å². The van der Waals surface area contributed by atoms with Crippen LogP contribution in [0.3, 0.4) is 0 Å². The number of ether oxygens (including phenoxy) is 1. The van der Waals surface area contributed by atoms with Crippen LogP contribution in [0.25, 0.3) is 0 Å². The number of alkyl halides is 3. The van der Waals surface area contributed by atoms with Crippen molar-refractivity contribution in [1.29, 1.82) is 0 Å². The molecule has 0 fully saturated rings. The Morgan fingerprint density at radius 3 is 2.55 bits per heavy atom. The quantitative estimate of drug-likeness (QED) is 0.517. The van der Waals surface area contributed by atoms with Crippen molar-refractivity contribution in [3.8, 4) is 0 Å². The largest absolute Gasteiger partial charge is 0.468 e. The molecule has 0 spiro atoms. The lowest BCUT2D eigenvalue weighted by Crippen LogP contribution is -2.33. The maximum absolute atomic E-state index is 12.7. The molecule has 0 aliphatic carbocycles. The van der Waals surface area contributed by atoms with Crippen molar-refractivity contribution in [2.45, 2.75) is 18.6 Å². The number of halogens is 3. The fourth-order valence-electron chi connectivity index (χ4n) is 1.59. The van der Waals surface area contributed by atoms with E-state index in [1.807, 2.05) is 0 Å². The first-order valence-corrected chi connectivity index (χ1v) is 5.34. The molecule has 0 saturated heterocycles. The average molecular weight is 292 g/mol. The molecule has 0 unspecified atom stereocenters. The second-order valence-electron chi connectivity index (χ2n) is 3.94. The summed E-state index contributed by atoms with van der Waals surface area (Å²) in [6, 6.07) is 1.33. The monoisotopic (exact) mass is 292 g/mol. The molecule has 0 bridgehead atoms. The molecule has 20 heavy (non-hydrogen) atoms. The molecule has 9 heteroatoms. The second kappa shape index (κ2) is 5.87. The Labute approximate surface area is 111 Å². The van der Waals surface area contributed by atoms with Crippen molar-refractivity contribution in [2.75, 3.05) is 7.11 Å². The molecular formula is C11H11F3N2O4. The minimum absolute atomic E-state index is 0.0563. The number of esters is 1. The molecule has 1 rings (SSSR count). The zero-order chi connectivity index (χ0) is 15.5. The molecule has 0 aromatic heterocycles. The maximum atomic E-state index is 12.7. The third kappa shape index (κ3) is 3.67. The summed E-state index contributed by atoms with van der Waals surface area (Å²) in [6.45, 7) is 0. The van der Waals surface area contributed by atoms with Gasteiger partial charge in [0.1, 0.15) is 11.6 Å². The summed E-state index contributed by atoms with van der Waals surface area (Å²) in [4.78, 5) is 20.5. The van der Waals surface area contributed by atoms with E-state index in [0.29, 0.717) is 6.07 Å². The molecule has 0 aliphatic rings.